The fourth-order valence-electron chi connectivity index (χ4n) is 3.61. The molecule has 2 aromatic rings. The quantitative estimate of drug-likeness (QED) is 0.582. The summed E-state index contributed by atoms with van der Waals surface area (Å²) in [5, 5.41) is 0. The van der Waals surface area contributed by atoms with Gasteiger partial charge in [0.1, 0.15) is 12.4 Å². The van der Waals surface area contributed by atoms with Gasteiger partial charge in [-0.1, -0.05) is 44.2 Å². The molecule has 0 saturated carbocycles. The van der Waals surface area contributed by atoms with Gasteiger partial charge in [0.05, 0.1) is 17.8 Å². The van der Waals surface area contributed by atoms with Crippen LogP contribution in [0.1, 0.15) is 64.2 Å². The van der Waals surface area contributed by atoms with Crippen LogP contribution >= 0.6 is 0 Å². The van der Waals surface area contributed by atoms with E-state index >= 15 is 0 Å². The monoisotopic (exact) mass is 410 g/mol. The predicted molar refractivity (Wildman–Crippen MR) is 123 cm³/mol. The molecule has 0 spiro atoms. The standard InChI is InChI=1S/C25H35BO4/c1-18(2)23-13-8-19(16-20(23)14-15-27-7)17-28-22-11-9-21(10-12-22)26-29-24(3,4)25(5,6)30-26/h8-13,16,18H,14-15,17H2,1-7H3. The number of benzene rings is 2. The molecule has 1 heterocycles. The molecule has 1 saturated heterocycles. The molecule has 0 bridgehead atoms. The molecular formula is C25H35BO4. The van der Waals surface area contributed by atoms with Crippen molar-refractivity contribution in [3.8, 4) is 5.75 Å². The van der Waals surface area contributed by atoms with E-state index in [0.717, 1.165) is 24.2 Å². The third-order valence-electron chi connectivity index (χ3n) is 6.22. The molecule has 162 valence electrons. The first-order chi connectivity index (χ1) is 14.1. The minimum atomic E-state index is -0.351. The number of hydrogen-bond acceptors (Lipinski definition) is 4. The van der Waals surface area contributed by atoms with Crippen molar-refractivity contribution in [2.75, 3.05) is 13.7 Å². The molecule has 1 aliphatic heterocycles. The van der Waals surface area contributed by atoms with Gasteiger partial charge < -0.3 is 18.8 Å². The molecule has 0 unspecified atom stereocenters. The minimum Gasteiger partial charge on any atom is -0.489 e. The Morgan fingerprint density at radius 1 is 0.933 bits per heavy atom. The molecule has 0 amide bonds. The lowest BCUT2D eigenvalue weighted by molar-refractivity contribution is 0.00578. The second-order valence-electron chi connectivity index (χ2n) is 9.38. The van der Waals surface area contributed by atoms with E-state index in [4.69, 9.17) is 18.8 Å². The highest BCUT2D eigenvalue weighted by atomic mass is 16.7. The molecule has 1 aliphatic rings. The number of methoxy groups -OCH3 is 1. The molecule has 0 aromatic heterocycles. The highest BCUT2D eigenvalue weighted by molar-refractivity contribution is 6.62. The van der Waals surface area contributed by atoms with Crippen LogP contribution in [0.25, 0.3) is 0 Å². The van der Waals surface area contributed by atoms with Crippen molar-refractivity contribution in [1.29, 1.82) is 0 Å². The molecular weight excluding hydrogens is 375 g/mol. The van der Waals surface area contributed by atoms with E-state index in [9.17, 15) is 0 Å². The van der Waals surface area contributed by atoms with Crippen LogP contribution in [0.2, 0.25) is 0 Å². The lowest BCUT2D eigenvalue weighted by Crippen LogP contribution is -2.41. The lowest BCUT2D eigenvalue weighted by Gasteiger charge is -2.32. The summed E-state index contributed by atoms with van der Waals surface area (Å²) in [6.45, 7) is 14.0. The maximum absolute atomic E-state index is 6.12. The Bertz CT molecular complexity index is 827. The van der Waals surface area contributed by atoms with Crippen LogP contribution in [0, 0.1) is 0 Å². The minimum absolute atomic E-state index is 0.338. The molecule has 3 rings (SSSR count). The molecule has 0 radical (unpaired) electrons. The average molecular weight is 410 g/mol. The highest BCUT2D eigenvalue weighted by Gasteiger charge is 2.51. The normalized spacial score (nSPS) is 17.5. The third kappa shape index (κ3) is 5.08. The molecule has 0 atom stereocenters. The van der Waals surface area contributed by atoms with Gasteiger partial charge in [0.2, 0.25) is 0 Å². The van der Waals surface area contributed by atoms with Crippen LogP contribution < -0.4 is 10.2 Å². The fourth-order valence-corrected chi connectivity index (χ4v) is 3.61. The van der Waals surface area contributed by atoms with E-state index in [1.165, 1.54) is 16.7 Å². The van der Waals surface area contributed by atoms with Gasteiger partial charge in [0, 0.05) is 7.11 Å². The second kappa shape index (κ2) is 9.13. The Kier molecular flexibility index (Phi) is 6.96. The van der Waals surface area contributed by atoms with Crippen molar-refractivity contribution < 1.29 is 18.8 Å². The van der Waals surface area contributed by atoms with Gasteiger partial charge in [-0.3, -0.25) is 0 Å². The predicted octanol–water partition coefficient (Wildman–Crippen LogP) is 4.88. The maximum Gasteiger partial charge on any atom is 0.494 e. The summed E-state index contributed by atoms with van der Waals surface area (Å²) in [4.78, 5) is 0. The first-order valence-corrected chi connectivity index (χ1v) is 10.8. The van der Waals surface area contributed by atoms with Crippen molar-refractivity contribution in [3.63, 3.8) is 0 Å². The SMILES string of the molecule is COCCc1cc(COc2ccc(B3OC(C)(C)C(C)(C)O3)cc2)ccc1C(C)C. The van der Waals surface area contributed by atoms with E-state index in [0.29, 0.717) is 12.5 Å². The van der Waals surface area contributed by atoms with Gasteiger partial charge >= 0.3 is 7.12 Å². The third-order valence-corrected chi connectivity index (χ3v) is 6.22. The van der Waals surface area contributed by atoms with Gasteiger partial charge in [-0.25, -0.2) is 0 Å². The van der Waals surface area contributed by atoms with Crippen molar-refractivity contribution in [3.05, 3.63) is 59.2 Å². The number of hydrogen-bond donors (Lipinski definition) is 0. The molecule has 4 nitrogen and oxygen atoms in total. The van der Waals surface area contributed by atoms with Crippen molar-refractivity contribution >= 4 is 12.6 Å². The van der Waals surface area contributed by atoms with Crippen molar-refractivity contribution in [2.24, 2.45) is 0 Å². The molecule has 2 aromatic carbocycles. The lowest BCUT2D eigenvalue weighted by atomic mass is 9.79. The summed E-state index contributed by atoms with van der Waals surface area (Å²) in [6, 6.07) is 14.6. The Morgan fingerprint density at radius 2 is 1.57 bits per heavy atom. The van der Waals surface area contributed by atoms with E-state index in [-0.39, 0.29) is 18.3 Å². The molecule has 30 heavy (non-hydrogen) atoms. The summed E-state index contributed by atoms with van der Waals surface area (Å²) >= 11 is 0. The van der Waals surface area contributed by atoms with Gasteiger partial charge in [0.25, 0.3) is 0 Å². The fraction of sp³-hybridized carbons (Fsp3) is 0.520. The van der Waals surface area contributed by atoms with Crippen molar-refractivity contribution in [1.82, 2.24) is 0 Å². The summed E-state index contributed by atoms with van der Waals surface area (Å²) in [5.74, 6) is 1.33. The van der Waals surface area contributed by atoms with E-state index < -0.39 is 0 Å². The van der Waals surface area contributed by atoms with Gasteiger partial charge in [0.15, 0.2) is 0 Å². The number of ether oxygens (including phenoxy) is 2. The first kappa shape index (κ1) is 22.9. The van der Waals surface area contributed by atoms with Crippen LogP contribution in [0.15, 0.2) is 42.5 Å². The summed E-state index contributed by atoms with van der Waals surface area (Å²) in [5.41, 5.74) is 4.21. The maximum atomic E-state index is 6.12. The van der Waals surface area contributed by atoms with E-state index in [2.05, 4.69) is 59.7 Å². The molecule has 1 fully saturated rings. The zero-order valence-corrected chi connectivity index (χ0v) is 19.5. The van der Waals surface area contributed by atoms with Crippen LogP contribution in [0.4, 0.5) is 0 Å². The first-order valence-electron chi connectivity index (χ1n) is 10.8. The average Bonchev–Trinajstić information content (AvgIpc) is 2.92. The Morgan fingerprint density at radius 3 is 2.13 bits per heavy atom. The summed E-state index contributed by atoms with van der Waals surface area (Å²) < 4.78 is 23.6. The largest absolute Gasteiger partial charge is 0.494 e. The van der Waals surface area contributed by atoms with Crippen LogP contribution in [0.3, 0.4) is 0 Å². The van der Waals surface area contributed by atoms with Crippen LogP contribution in [0.5, 0.6) is 5.75 Å². The molecule has 5 heteroatoms. The Balaban J connectivity index is 1.64. The number of rotatable bonds is 8. The smallest absolute Gasteiger partial charge is 0.489 e. The summed E-state index contributed by atoms with van der Waals surface area (Å²) in [7, 11) is 1.39. The van der Waals surface area contributed by atoms with E-state index in [1.54, 1.807) is 7.11 Å². The van der Waals surface area contributed by atoms with Gasteiger partial charge in [-0.05, 0) is 74.3 Å². The Labute approximate surface area is 182 Å². The topological polar surface area (TPSA) is 36.9 Å². The second-order valence-corrected chi connectivity index (χ2v) is 9.38. The van der Waals surface area contributed by atoms with Crippen molar-refractivity contribution in [2.45, 2.75) is 71.7 Å². The Hall–Kier alpha value is -1.82. The molecule has 0 aliphatic carbocycles. The van der Waals surface area contributed by atoms with Crippen LogP contribution in [-0.2, 0) is 27.1 Å². The molecule has 0 N–H and O–H groups in total. The van der Waals surface area contributed by atoms with Gasteiger partial charge in [-0.2, -0.15) is 0 Å². The zero-order chi connectivity index (χ0) is 21.9. The van der Waals surface area contributed by atoms with Gasteiger partial charge in [-0.15, -0.1) is 0 Å². The zero-order valence-electron chi connectivity index (χ0n) is 19.5. The van der Waals surface area contributed by atoms with Crippen LogP contribution in [-0.4, -0.2) is 32.0 Å². The highest BCUT2D eigenvalue weighted by Crippen LogP contribution is 2.36. The van der Waals surface area contributed by atoms with E-state index in [1.807, 2.05) is 24.3 Å². The summed E-state index contributed by atoms with van der Waals surface area (Å²) in [6.07, 6.45) is 0.917.